The molecule has 0 spiro atoms. The highest BCUT2D eigenvalue weighted by Gasteiger charge is 2.15. The van der Waals surface area contributed by atoms with Gasteiger partial charge in [-0.2, -0.15) is 0 Å². The quantitative estimate of drug-likeness (QED) is 0.296. The van der Waals surface area contributed by atoms with E-state index in [0.717, 1.165) is 29.7 Å². The van der Waals surface area contributed by atoms with Crippen LogP contribution in [-0.2, 0) is 17.6 Å². The summed E-state index contributed by atoms with van der Waals surface area (Å²) in [6.45, 7) is 6.51. The molecule has 1 amide bonds. The van der Waals surface area contributed by atoms with E-state index in [9.17, 15) is 4.79 Å². The highest BCUT2D eigenvalue weighted by Crippen LogP contribution is 2.33. The maximum absolute atomic E-state index is 12.7. The predicted molar refractivity (Wildman–Crippen MR) is 140 cm³/mol. The number of nitrogens with zero attached hydrogens (tertiary/aromatic N) is 1. The van der Waals surface area contributed by atoms with Gasteiger partial charge in [-0.3, -0.25) is 4.79 Å². The number of hydrogen-bond donors (Lipinski definition) is 1. The number of amides is 1. The third-order valence-corrected chi connectivity index (χ3v) is 6.73. The Bertz CT molecular complexity index is 1190. The molecule has 4 rings (SSSR count). The number of aromatic nitrogens is 1. The van der Waals surface area contributed by atoms with Crippen LogP contribution in [0.1, 0.15) is 49.1 Å². The topological polar surface area (TPSA) is 42.0 Å². The van der Waals surface area contributed by atoms with Crippen molar-refractivity contribution in [2.75, 3.05) is 5.32 Å². The summed E-state index contributed by atoms with van der Waals surface area (Å²) in [5.41, 5.74) is 6.73. The van der Waals surface area contributed by atoms with Crippen LogP contribution in [0.3, 0.4) is 0 Å². The van der Waals surface area contributed by atoms with E-state index < -0.39 is 0 Å². The number of nitrogens with one attached hydrogen (secondary N) is 1. The van der Waals surface area contributed by atoms with Gasteiger partial charge in [-0.05, 0) is 34.6 Å². The second-order valence-corrected chi connectivity index (χ2v) is 9.69. The van der Waals surface area contributed by atoms with Crippen LogP contribution in [-0.4, -0.2) is 10.9 Å². The maximum atomic E-state index is 12.7. The van der Waals surface area contributed by atoms with Gasteiger partial charge in [-0.1, -0.05) is 106 Å². The SMILES string of the molecule is CCCc1sc(NC(=O)Cc2ccc(C(C)C)cc2)nc1-c1ccc(-c2ccccc2)cc1. The van der Waals surface area contributed by atoms with Crippen LogP contribution in [0.5, 0.6) is 0 Å². The molecule has 33 heavy (non-hydrogen) atoms. The third kappa shape index (κ3) is 5.77. The number of rotatable bonds is 8. The summed E-state index contributed by atoms with van der Waals surface area (Å²) in [6, 6.07) is 27.2. The molecule has 0 bridgehead atoms. The number of carbonyl (C=O) groups excluding carboxylic acids is 1. The smallest absolute Gasteiger partial charge is 0.230 e. The van der Waals surface area contributed by atoms with Crippen LogP contribution < -0.4 is 5.32 Å². The Morgan fingerprint density at radius 1 is 0.879 bits per heavy atom. The fraction of sp³-hybridized carbons (Fsp3) is 0.241. The fourth-order valence-corrected chi connectivity index (χ4v) is 4.95. The van der Waals surface area contributed by atoms with Crippen molar-refractivity contribution < 1.29 is 4.79 Å². The van der Waals surface area contributed by atoms with Crippen molar-refractivity contribution in [1.82, 2.24) is 4.98 Å². The molecule has 168 valence electrons. The molecule has 1 N–H and O–H groups in total. The molecule has 3 nitrogen and oxygen atoms in total. The van der Waals surface area contributed by atoms with Crippen molar-refractivity contribution in [3.05, 3.63) is 94.9 Å². The van der Waals surface area contributed by atoms with Crippen molar-refractivity contribution in [3.8, 4) is 22.4 Å². The van der Waals surface area contributed by atoms with Crippen LogP contribution in [0.15, 0.2) is 78.9 Å². The summed E-state index contributed by atoms with van der Waals surface area (Å²) in [5.74, 6) is 0.454. The van der Waals surface area contributed by atoms with Gasteiger partial charge in [0.2, 0.25) is 5.91 Å². The number of aryl methyl sites for hydroxylation is 1. The molecule has 0 aliphatic heterocycles. The van der Waals surface area contributed by atoms with E-state index in [0.29, 0.717) is 17.5 Å². The number of benzene rings is 3. The van der Waals surface area contributed by atoms with Gasteiger partial charge >= 0.3 is 0 Å². The molecule has 0 aliphatic carbocycles. The van der Waals surface area contributed by atoms with E-state index in [4.69, 9.17) is 4.98 Å². The molecule has 0 fully saturated rings. The normalized spacial score (nSPS) is 11.0. The maximum Gasteiger partial charge on any atom is 0.230 e. The van der Waals surface area contributed by atoms with Gasteiger partial charge < -0.3 is 5.32 Å². The largest absolute Gasteiger partial charge is 0.302 e. The van der Waals surface area contributed by atoms with Gasteiger partial charge in [-0.25, -0.2) is 4.98 Å². The Balaban J connectivity index is 1.49. The second kappa shape index (κ2) is 10.6. The van der Waals surface area contributed by atoms with Gasteiger partial charge in [0.15, 0.2) is 5.13 Å². The highest BCUT2D eigenvalue weighted by molar-refractivity contribution is 7.16. The van der Waals surface area contributed by atoms with E-state index in [-0.39, 0.29) is 5.91 Å². The molecule has 4 aromatic rings. The van der Waals surface area contributed by atoms with Crippen molar-refractivity contribution >= 4 is 22.4 Å². The Labute approximate surface area is 200 Å². The molecule has 3 aromatic carbocycles. The number of thiazole rings is 1. The molecule has 0 unspecified atom stereocenters. The van der Waals surface area contributed by atoms with Gasteiger partial charge in [0.05, 0.1) is 12.1 Å². The molecule has 0 saturated heterocycles. The lowest BCUT2D eigenvalue weighted by molar-refractivity contribution is -0.115. The zero-order chi connectivity index (χ0) is 23.2. The first-order chi connectivity index (χ1) is 16.0. The predicted octanol–water partition coefficient (Wildman–Crippen LogP) is 7.73. The lowest BCUT2D eigenvalue weighted by Crippen LogP contribution is -2.14. The van der Waals surface area contributed by atoms with Crippen LogP contribution in [0.2, 0.25) is 0 Å². The Morgan fingerprint density at radius 3 is 2.15 bits per heavy atom. The number of hydrogen-bond acceptors (Lipinski definition) is 3. The monoisotopic (exact) mass is 454 g/mol. The van der Waals surface area contributed by atoms with Crippen molar-refractivity contribution in [2.24, 2.45) is 0 Å². The third-order valence-electron chi connectivity index (χ3n) is 5.70. The average molecular weight is 455 g/mol. The minimum atomic E-state index is -0.0323. The van der Waals surface area contributed by atoms with Crippen LogP contribution in [0, 0.1) is 0 Å². The molecule has 4 heteroatoms. The van der Waals surface area contributed by atoms with E-state index >= 15 is 0 Å². The van der Waals surface area contributed by atoms with Crippen LogP contribution in [0.25, 0.3) is 22.4 Å². The molecule has 0 radical (unpaired) electrons. The average Bonchev–Trinajstić information content (AvgIpc) is 3.22. The Hall–Kier alpha value is -3.24. The van der Waals surface area contributed by atoms with Crippen molar-refractivity contribution in [2.45, 2.75) is 46.0 Å². The lowest BCUT2D eigenvalue weighted by atomic mass is 10.0. The molecular weight excluding hydrogens is 424 g/mol. The van der Waals surface area contributed by atoms with Gasteiger partial charge in [0.1, 0.15) is 0 Å². The number of anilines is 1. The minimum absolute atomic E-state index is 0.0323. The van der Waals surface area contributed by atoms with Crippen molar-refractivity contribution in [1.29, 1.82) is 0 Å². The molecule has 1 heterocycles. The summed E-state index contributed by atoms with van der Waals surface area (Å²) in [7, 11) is 0. The molecule has 0 aliphatic rings. The van der Waals surface area contributed by atoms with Crippen LogP contribution >= 0.6 is 11.3 Å². The molecule has 1 aromatic heterocycles. The lowest BCUT2D eigenvalue weighted by Gasteiger charge is -2.07. The van der Waals surface area contributed by atoms with Gasteiger partial charge in [-0.15, -0.1) is 11.3 Å². The summed E-state index contributed by atoms with van der Waals surface area (Å²) in [4.78, 5) is 18.7. The van der Waals surface area contributed by atoms with E-state index in [1.807, 2.05) is 18.2 Å². The molecule has 0 saturated carbocycles. The molecule has 0 atom stereocenters. The Kier molecular flexibility index (Phi) is 7.36. The van der Waals surface area contributed by atoms with Gasteiger partial charge in [0.25, 0.3) is 0 Å². The summed E-state index contributed by atoms with van der Waals surface area (Å²) in [5, 5.41) is 3.69. The summed E-state index contributed by atoms with van der Waals surface area (Å²) in [6.07, 6.45) is 2.33. The summed E-state index contributed by atoms with van der Waals surface area (Å²) >= 11 is 1.58. The van der Waals surface area contributed by atoms with E-state index in [2.05, 4.69) is 86.8 Å². The molecular formula is C29H30N2OS. The van der Waals surface area contributed by atoms with Gasteiger partial charge in [0, 0.05) is 10.4 Å². The van der Waals surface area contributed by atoms with Crippen LogP contribution in [0.4, 0.5) is 5.13 Å². The first-order valence-corrected chi connectivity index (χ1v) is 12.4. The zero-order valence-electron chi connectivity index (χ0n) is 19.5. The zero-order valence-corrected chi connectivity index (χ0v) is 20.3. The first kappa shape index (κ1) is 22.9. The fourth-order valence-electron chi connectivity index (χ4n) is 3.85. The van der Waals surface area contributed by atoms with E-state index in [1.54, 1.807) is 11.3 Å². The first-order valence-electron chi connectivity index (χ1n) is 11.6. The summed E-state index contributed by atoms with van der Waals surface area (Å²) < 4.78 is 0. The van der Waals surface area contributed by atoms with Crippen molar-refractivity contribution in [3.63, 3.8) is 0 Å². The standard InChI is InChI=1S/C29H30N2OS/c1-4-8-26-28(25-17-15-24(16-18-25)23-9-6-5-7-10-23)31-29(33-26)30-27(32)19-21-11-13-22(14-12-21)20(2)3/h5-7,9-18,20H,4,8,19H2,1-3H3,(H,30,31,32). The highest BCUT2D eigenvalue weighted by atomic mass is 32.1. The minimum Gasteiger partial charge on any atom is -0.302 e. The number of carbonyl (C=O) groups is 1. The van der Waals surface area contributed by atoms with E-state index in [1.165, 1.54) is 21.6 Å². The second-order valence-electron chi connectivity index (χ2n) is 8.61. The Morgan fingerprint density at radius 2 is 1.52 bits per heavy atom.